The molecule has 68 valence electrons. The molecule has 13 heavy (non-hydrogen) atoms. The first-order valence-electron chi connectivity index (χ1n) is 3.78. The molecule has 0 amide bonds. The molecule has 0 bridgehead atoms. The molecule has 0 aliphatic heterocycles. The summed E-state index contributed by atoms with van der Waals surface area (Å²) < 4.78 is 1.09. The van der Waals surface area contributed by atoms with Crippen LogP contribution in [0.25, 0.3) is 10.2 Å². The van der Waals surface area contributed by atoms with Crippen LogP contribution in [0, 0.1) is 6.92 Å². The number of hydrogen-bond acceptors (Lipinski definition) is 3. The second-order valence-electron chi connectivity index (χ2n) is 2.92. The van der Waals surface area contributed by atoms with Crippen molar-refractivity contribution in [2.75, 3.05) is 0 Å². The molecule has 0 radical (unpaired) electrons. The van der Waals surface area contributed by atoms with Gasteiger partial charge in [-0.1, -0.05) is 0 Å². The van der Waals surface area contributed by atoms with Crippen molar-refractivity contribution in [1.82, 2.24) is 9.55 Å². The van der Waals surface area contributed by atoms with E-state index in [9.17, 15) is 9.59 Å². The van der Waals surface area contributed by atoms with Crippen molar-refractivity contribution in [1.29, 1.82) is 0 Å². The summed E-state index contributed by atoms with van der Waals surface area (Å²) in [5, 5.41) is 2.48. The van der Waals surface area contributed by atoms with Crippen molar-refractivity contribution in [3.05, 3.63) is 31.8 Å². The van der Waals surface area contributed by atoms with E-state index in [1.54, 1.807) is 0 Å². The van der Waals surface area contributed by atoms with Gasteiger partial charge >= 0.3 is 5.69 Å². The van der Waals surface area contributed by atoms with Gasteiger partial charge in [-0.2, -0.15) is 0 Å². The summed E-state index contributed by atoms with van der Waals surface area (Å²) in [7, 11) is 1.47. The Labute approximate surface area is 77.5 Å². The lowest BCUT2D eigenvalue weighted by Crippen LogP contribution is -2.32. The molecule has 2 rings (SSSR count). The van der Waals surface area contributed by atoms with Gasteiger partial charge in [-0.05, 0) is 17.9 Å². The molecule has 0 aliphatic carbocycles. The Morgan fingerprint density at radius 2 is 2.15 bits per heavy atom. The summed E-state index contributed by atoms with van der Waals surface area (Å²) in [6, 6.07) is 0. The van der Waals surface area contributed by atoms with Crippen LogP contribution in [0.2, 0.25) is 0 Å². The zero-order chi connectivity index (χ0) is 9.59. The van der Waals surface area contributed by atoms with Gasteiger partial charge in [0, 0.05) is 7.05 Å². The Balaban J connectivity index is 3.16. The van der Waals surface area contributed by atoms with Crippen LogP contribution in [0.15, 0.2) is 15.0 Å². The van der Waals surface area contributed by atoms with E-state index in [0.717, 1.165) is 10.1 Å². The van der Waals surface area contributed by atoms with Crippen molar-refractivity contribution >= 4 is 21.6 Å². The fraction of sp³-hybridized carbons (Fsp3) is 0.250. The average Bonchev–Trinajstić information content (AvgIpc) is 2.43. The van der Waals surface area contributed by atoms with E-state index in [-0.39, 0.29) is 11.2 Å². The Bertz CT molecular complexity index is 576. The summed E-state index contributed by atoms with van der Waals surface area (Å²) >= 11 is 1.38. The predicted octanol–water partition coefficient (Wildman–Crippen LogP) is 0.597. The summed E-state index contributed by atoms with van der Waals surface area (Å²) in [6.07, 6.45) is 0. The highest BCUT2D eigenvalue weighted by atomic mass is 32.1. The van der Waals surface area contributed by atoms with Gasteiger partial charge in [-0.25, -0.2) is 4.79 Å². The lowest BCUT2D eigenvalue weighted by molar-refractivity contribution is 0.795. The Morgan fingerprint density at radius 1 is 1.46 bits per heavy atom. The van der Waals surface area contributed by atoms with Crippen LogP contribution in [0.3, 0.4) is 0 Å². The second kappa shape index (κ2) is 2.56. The molecule has 0 fully saturated rings. The molecular weight excluding hydrogens is 188 g/mol. The predicted molar refractivity (Wildman–Crippen MR) is 52.4 cm³/mol. The summed E-state index contributed by atoms with van der Waals surface area (Å²) in [5.74, 6) is 0. The van der Waals surface area contributed by atoms with Gasteiger partial charge in [-0.15, -0.1) is 11.3 Å². The van der Waals surface area contributed by atoms with Crippen LogP contribution in [-0.2, 0) is 7.05 Å². The van der Waals surface area contributed by atoms with Gasteiger partial charge in [0.1, 0.15) is 4.83 Å². The Kier molecular flexibility index (Phi) is 1.63. The fourth-order valence-corrected chi connectivity index (χ4v) is 2.17. The van der Waals surface area contributed by atoms with Crippen LogP contribution in [-0.4, -0.2) is 9.55 Å². The number of nitrogens with one attached hydrogen (secondary N) is 1. The maximum absolute atomic E-state index is 11.6. The summed E-state index contributed by atoms with van der Waals surface area (Å²) in [5.41, 5.74) is 0.328. The van der Waals surface area contributed by atoms with Crippen molar-refractivity contribution in [2.45, 2.75) is 6.92 Å². The Hall–Kier alpha value is -1.36. The maximum Gasteiger partial charge on any atom is 0.329 e. The molecule has 0 spiro atoms. The van der Waals surface area contributed by atoms with Crippen LogP contribution >= 0.6 is 11.3 Å². The normalized spacial score (nSPS) is 10.9. The van der Waals surface area contributed by atoms with Crippen LogP contribution < -0.4 is 11.2 Å². The van der Waals surface area contributed by atoms with Gasteiger partial charge in [0.05, 0.1) is 5.39 Å². The highest BCUT2D eigenvalue weighted by Crippen LogP contribution is 2.17. The van der Waals surface area contributed by atoms with E-state index in [0.29, 0.717) is 10.2 Å². The van der Waals surface area contributed by atoms with Gasteiger partial charge in [-0.3, -0.25) is 14.3 Å². The molecule has 2 heterocycles. The van der Waals surface area contributed by atoms with Crippen LogP contribution in [0.5, 0.6) is 0 Å². The van der Waals surface area contributed by atoms with Crippen LogP contribution in [0.1, 0.15) is 5.56 Å². The number of aryl methyl sites for hydroxylation is 1. The van der Waals surface area contributed by atoms with Gasteiger partial charge in [0.15, 0.2) is 0 Å². The van der Waals surface area contributed by atoms with Gasteiger partial charge < -0.3 is 0 Å². The molecule has 0 aromatic carbocycles. The van der Waals surface area contributed by atoms with Crippen molar-refractivity contribution in [3.8, 4) is 0 Å². The summed E-state index contributed by atoms with van der Waals surface area (Å²) in [4.78, 5) is 26.1. The average molecular weight is 196 g/mol. The highest BCUT2D eigenvalue weighted by Gasteiger charge is 2.07. The maximum atomic E-state index is 11.6. The van der Waals surface area contributed by atoms with E-state index < -0.39 is 0 Å². The van der Waals surface area contributed by atoms with E-state index >= 15 is 0 Å². The van der Waals surface area contributed by atoms with Crippen LogP contribution in [0.4, 0.5) is 0 Å². The van der Waals surface area contributed by atoms with Crippen molar-refractivity contribution < 1.29 is 0 Å². The number of rotatable bonds is 0. The number of hydrogen-bond donors (Lipinski definition) is 1. The molecule has 0 atom stereocenters. The number of aromatic nitrogens is 2. The smallest absolute Gasteiger partial charge is 0.298 e. The molecule has 0 unspecified atom stereocenters. The quantitative estimate of drug-likeness (QED) is 0.670. The molecule has 0 aliphatic rings. The molecule has 4 nitrogen and oxygen atoms in total. The fourth-order valence-electron chi connectivity index (χ4n) is 1.24. The van der Waals surface area contributed by atoms with E-state index in [1.807, 2.05) is 12.3 Å². The molecule has 0 saturated heterocycles. The summed E-state index contributed by atoms with van der Waals surface area (Å²) in [6.45, 7) is 1.86. The lowest BCUT2D eigenvalue weighted by Gasteiger charge is -1.95. The van der Waals surface area contributed by atoms with Crippen molar-refractivity contribution in [2.24, 2.45) is 7.05 Å². The van der Waals surface area contributed by atoms with Gasteiger partial charge in [0.25, 0.3) is 5.56 Å². The number of nitrogens with zero attached hydrogens (tertiary/aromatic N) is 1. The number of H-pyrrole nitrogens is 1. The zero-order valence-corrected chi connectivity index (χ0v) is 8.07. The van der Waals surface area contributed by atoms with E-state index in [2.05, 4.69) is 4.98 Å². The molecule has 2 aromatic heterocycles. The third-order valence-electron chi connectivity index (χ3n) is 2.02. The lowest BCUT2D eigenvalue weighted by atomic mass is 10.3. The molecule has 2 aromatic rings. The minimum atomic E-state index is -0.362. The second-order valence-corrected chi connectivity index (χ2v) is 3.80. The number of thiophene rings is 1. The first-order chi connectivity index (χ1) is 6.11. The third kappa shape index (κ3) is 1.04. The minimum absolute atomic E-state index is 0.225. The zero-order valence-electron chi connectivity index (χ0n) is 7.25. The molecule has 0 saturated carbocycles. The first-order valence-corrected chi connectivity index (χ1v) is 4.66. The first kappa shape index (κ1) is 8.25. The monoisotopic (exact) mass is 196 g/mol. The van der Waals surface area contributed by atoms with Crippen molar-refractivity contribution in [3.63, 3.8) is 0 Å². The minimum Gasteiger partial charge on any atom is -0.298 e. The molecule has 1 N–H and O–H groups in total. The largest absolute Gasteiger partial charge is 0.329 e. The number of fused-ring (bicyclic) bond motifs is 1. The standard InChI is InChI=1S/C8H8N2O2S/c1-4-3-13-6-5(4)7(11)10(2)8(12)9-6/h3H,1-2H3,(H,9,12). The van der Waals surface area contributed by atoms with E-state index in [1.165, 1.54) is 18.4 Å². The SMILES string of the molecule is Cc1csc2[nH]c(=O)n(C)c(=O)c12. The number of aromatic amines is 1. The Morgan fingerprint density at radius 3 is 2.85 bits per heavy atom. The highest BCUT2D eigenvalue weighted by molar-refractivity contribution is 7.16. The van der Waals surface area contributed by atoms with E-state index in [4.69, 9.17) is 0 Å². The topological polar surface area (TPSA) is 54.9 Å². The molecule has 5 heteroatoms. The third-order valence-corrected chi connectivity index (χ3v) is 3.03. The molecular formula is C8H8N2O2S. The van der Waals surface area contributed by atoms with Gasteiger partial charge in [0.2, 0.25) is 0 Å².